The van der Waals surface area contributed by atoms with Crippen LogP contribution in [0.15, 0.2) is 52.3 Å². The normalized spacial score (nSPS) is 16.7. The average molecular weight is 413 g/mol. The Morgan fingerprint density at radius 3 is 2.93 bits per heavy atom. The number of rotatable bonds is 6. The average Bonchev–Trinajstić information content (AvgIpc) is 3.22. The Balaban J connectivity index is 1.30. The van der Waals surface area contributed by atoms with Crippen LogP contribution in [0.4, 0.5) is 4.39 Å². The van der Waals surface area contributed by atoms with E-state index in [0.717, 1.165) is 24.3 Å². The Kier molecular flexibility index (Phi) is 6.14. The molecule has 3 heterocycles. The fourth-order valence-corrected chi connectivity index (χ4v) is 4.13. The number of benzene rings is 1. The molecule has 1 aliphatic heterocycles. The lowest BCUT2D eigenvalue weighted by Gasteiger charge is -2.32. The van der Waals surface area contributed by atoms with Crippen LogP contribution >= 0.6 is 11.8 Å². The van der Waals surface area contributed by atoms with Crippen LogP contribution in [0.3, 0.4) is 0 Å². The molecule has 2 aromatic heterocycles. The van der Waals surface area contributed by atoms with E-state index in [9.17, 15) is 9.18 Å². The van der Waals surface area contributed by atoms with Crippen molar-refractivity contribution in [3.8, 4) is 11.5 Å². The van der Waals surface area contributed by atoms with E-state index in [1.165, 1.54) is 23.9 Å². The van der Waals surface area contributed by atoms with Crippen molar-refractivity contribution in [2.75, 3.05) is 18.8 Å². The van der Waals surface area contributed by atoms with Gasteiger partial charge in [-0.2, -0.15) is 4.98 Å². The smallest absolute Gasteiger partial charge is 0.232 e. The Labute approximate surface area is 171 Å². The zero-order chi connectivity index (χ0) is 20.1. The van der Waals surface area contributed by atoms with E-state index in [1.54, 1.807) is 30.7 Å². The molecule has 7 nitrogen and oxygen atoms in total. The van der Waals surface area contributed by atoms with Gasteiger partial charge >= 0.3 is 0 Å². The van der Waals surface area contributed by atoms with Gasteiger partial charge in [0.15, 0.2) is 0 Å². The highest BCUT2D eigenvalue weighted by molar-refractivity contribution is 8.00. The second kappa shape index (κ2) is 9.13. The summed E-state index contributed by atoms with van der Waals surface area (Å²) >= 11 is 1.43. The molecule has 150 valence electrons. The molecule has 1 unspecified atom stereocenters. The molecule has 4 rings (SSSR count). The van der Waals surface area contributed by atoms with E-state index < -0.39 is 0 Å². The summed E-state index contributed by atoms with van der Waals surface area (Å²) in [5.41, 5.74) is 0.570. The van der Waals surface area contributed by atoms with Crippen LogP contribution in [-0.2, 0) is 11.2 Å². The fraction of sp³-hybridized carbons (Fsp3) is 0.350. The number of carbonyl (C=O) groups is 1. The molecule has 0 N–H and O–H groups in total. The molecule has 0 spiro atoms. The van der Waals surface area contributed by atoms with E-state index in [1.807, 2.05) is 4.90 Å². The molecule has 1 amide bonds. The molecule has 1 aliphatic rings. The quantitative estimate of drug-likeness (QED) is 0.574. The second-order valence-corrected chi connectivity index (χ2v) is 7.95. The third kappa shape index (κ3) is 5.17. The van der Waals surface area contributed by atoms with Gasteiger partial charge in [0.2, 0.25) is 17.6 Å². The van der Waals surface area contributed by atoms with Crippen molar-refractivity contribution in [1.82, 2.24) is 25.0 Å². The highest BCUT2D eigenvalue weighted by Gasteiger charge is 2.25. The number of hydrogen-bond donors (Lipinski definition) is 0. The first-order chi connectivity index (χ1) is 14.2. The van der Waals surface area contributed by atoms with Gasteiger partial charge < -0.3 is 9.42 Å². The molecule has 0 saturated carbocycles. The van der Waals surface area contributed by atoms with Crippen molar-refractivity contribution in [1.29, 1.82) is 0 Å². The molecule has 0 radical (unpaired) electrons. The predicted molar refractivity (Wildman–Crippen MR) is 105 cm³/mol. The monoisotopic (exact) mass is 413 g/mol. The van der Waals surface area contributed by atoms with Gasteiger partial charge in [-0.05, 0) is 43.0 Å². The summed E-state index contributed by atoms with van der Waals surface area (Å²) in [5.74, 6) is 1.41. The topological polar surface area (TPSA) is 85.0 Å². The van der Waals surface area contributed by atoms with Crippen LogP contribution in [0, 0.1) is 11.7 Å². The minimum absolute atomic E-state index is 0.0924. The first-order valence-corrected chi connectivity index (χ1v) is 10.4. The number of piperidine rings is 1. The zero-order valence-corrected chi connectivity index (χ0v) is 16.5. The molecular formula is C20H20FN5O2S. The Hall–Kier alpha value is -2.81. The van der Waals surface area contributed by atoms with Crippen LogP contribution in [0.25, 0.3) is 11.5 Å². The summed E-state index contributed by atoms with van der Waals surface area (Å²) < 4.78 is 18.4. The Bertz CT molecular complexity index is 951. The Morgan fingerprint density at radius 2 is 2.14 bits per heavy atom. The first-order valence-electron chi connectivity index (χ1n) is 9.42. The van der Waals surface area contributed by atoms with Gasteiger partial charge in [0, 0.05) is 36.8 Å². The van der Waals surface area contributed by atoms with Gasteiger partial charge in [0.1, 0.15) is 11.5 Å². The maximum Gasteiger partial charge on any atom is 0.232 e. The van der Waals surface area contributed by atoms with Crippen LogP contribution in [0.1, 0.15) is 18.7 Å². The molecule has 1 fully saturated rings. The third-order valence-corrected chi connectivity index (χ3v) is 5.77. The maximum absolute atomic E-state index is 13.0. The van der Waals surface area contributed by atoms with Crippen molar-refractivity contribution in [3.05, 3.63) is 54.6 Å². The number of hydrogen-bond acceptors (Lipinski definition) is 7. The lowest BCUT2D eigenvalue weighted by atomic mass is 9.95. The predicted octanol–water partition coefficient (Wildman–Crippen LogP) is 3.24. The number of carbonyl (C=O) groups excluding carboxylic acids is 1. The highest BCUT2D eigenvalue weighted by Crippen LogP contribution is 2.24. The maximum atomic E-state index is 13.0. The van der Waals surface area contributed by atoms with Gasteiger partial charge in [-0.15, -0.1) is 11.8 Å². The molecule has 29 heavy (non-hydrogen) atoms. The van der Waals surface area contributed by atoms with Crippen molar-refractivity contribution >= 4 is 17.7 Å². The lowest BCUT2D eigenvalue weighted by Crippen LogP contribution is -2.41. The van der Waals surface area contributed by atoms with Gasteiger partial charge in [-0.3, -0.25) is 9.78 Å². The Morgan fingerprint density at radius 1 is 1.28 bits per heavy atom. The molecule has 3 aromatic rings. The minimum atomic E-state index is -0.275. The molecule has 0 aliphatic carbocycles. The van der Waals surface area contributed by atoms with E-state index in [4.69, 9.17) is 4.52 Å². The largest absolute Gasteiger partial charge is 0.342 e. The van der Waals surface area contributed by atoms with Crippen molar-refractivity contribution < 1.29 is 13.7 Å². The van der Waals surface area contributed by atoms with Crippen LogP contribution in [0.5, 0.6) is 0 Å². The van der Waals surface area contributed by atoms with Gasteiger partial charge in [0.05, 0.1) is 11.9 Å². The van der Waals surface area contributed by atoms with Crippen molar-refractivity contribution in [2.24, 2.45) is 5.92 Å². The van der Waals surface area contributed by atoms with Crippen molar-refractivity contribution in [2.45, 2.75) is 24.2 Å². The third-order valence-electron chi connectivity index (χ3n) is 4.77. The summed E-state index contributed by atoms with van der Waals surface area (Å²) in [6.07, 6.45) is 7.35. The van der Waals surface area contributed by atoms with E-state index in [2.05, 4.69) is 20.1 Å². The lowest BCUT2D eigenvalue weighted by molar-refractivity contribution is -0.130. The highest BCUT2D eigenvalue weighted by atomic mass is 32.2. The van der Waals surface area contributed by atoms with Gasteiger partial charge in [-0.1, -0.05) is 5.16 Å². The number of thioether (sulfide) groups is 1. The van der Waals surface area contributed by atoms with E-state index >= 15 is 0 Å². The number of amides is 1. The molecule has 1 saturated heterocycles. The van der Waals surface area contributed by atoms with Gasteiger partial charge in [0.25, 0.3) is 0 Å². The van der Waals surface area contributed by atoms with Crippen LogP contribution in [0.2, 0.25) is 0 Å². The fourth-order valence-electron chi connectivity index (χ4n) is 3.33. The summed E-state index contributed by atoms with van der Waals surface area (Å²) in [5, 5.41) is 3.98. The number of halogens is 1. The van der Waals surface area contributed by atoms with E-state index in [0.29, 0.717) is 36.1 Å². The summed E-state index contributed by atoms with van der Waals surface area (Å²) in [6, 6.07) is 6.19. The number of likely N-dealkylation sites (tertiary alicyclic amines) is 1. The van der Waals surface area contributed by atoms with Crippen LogP contribution < -0.4 is 0 Å². The molecular weight excluding hydrogens is 393 g/mol. The molecule has 1 atom stereocenters. The zero-order valence-electron chi connectivity index (χ0n) is 15.7. The van der Waals surface area contributed by atoms with E-state index in [-0.39, 0.29) is 17.6 Å². The SMILES string of the molecule is O=C(CSc1ccc(F)cc1)N1CCCC(Cc2nc(-c3cnccn3)no2)C1. The second-order valence-electron chi connectivity index (χ2n) is 6.90. The minimum Gasteiger partial charge on any atom is -0.342 e. The summed E-state index contributed by atoms with van der Waals surface area (Å²) in [7, 11) is 0. The standard InChI is InChI=1S/C20H20FN5O2S/c21-15-3-5-16(6-4-15)29-13-19(27)26-9-1-2-14(12-26)10-18-24-20(25-28-18)17-11-22-7-8-23-17/h3-8,11,14H,1-2,9-10,12-13H2. The molecule has 9 heteroatoms. The van der Waals surface area contributed by atoms with Gasteiger partial charge in [-0.25, -0.2) is 9.37 Å². The summed E-state index contributed by atoms with van der Waals surface area (Å²) in [6.45, 7) is 1.43. The van der Waals surface area contributed by atoms with Crippen molar-refractivity contribution in [3.63, 3.8) is 0 Å². The summed E-state index contributed by atoms with van der Waals surface area (Å²) in [4.78, 5) is 28.0. The number of aromatic nitrogens is 4. The van der Waals surface area contributed by atoms with Crippen LogP contribution in [-0.4, -0.2) is 49.8 Å². The first kappa shape index (κ1) is 19.5. The molecule has 0 bridgehead atoms. The molecule has 1 aromatic carbocycles. The number of nitrogens with zero attached hydrogens (tertiary/aromatic N) is 5.